The summed E-state index contributed by atoms with van der Waals surface area (Å²) in [5.41, 5.74) is 3.29. The van der Waals surface area contributed by atoms with Gasteiger partial charge in [0.05, 0.1) is 17.3 Å². The number of carbonyl (C=O) groups is 2. The van der Waals surface area contributed by atoms with Gasteiger partial charge in [-0.25, -0.2) is 4.52 Å². The van der Waals surface area contributed by atoms with Crippen molar-refractivity contribution in [1.82, 2.24) is 19.8 Å². The molecule has 1 fully saturated rings. The number of nitrogens with one attached hydrogen (secondary N) is 1. The van der Waals surface area contributed by atoms with Gasteiger partial charge in [-0.3, -0.25) is 9.59 Å². The zero-order chi connectivity index (χ0) is 22.6. The molecule has 1 aliphatic heterocycles. The van der Waals surface area contributed by atoms with Crippen molar-refractivity contribution >= 4 is 28.3 Å². The fraction of sp³-hybridized carbons (Fsp3) is 0.292. The number of carbonyl (C=O) groups excluding carboxylic acids is 2. The first-order chi connectivity index (χ1) is 15.4. The molecule has 1 atom stereocenters. The molecule has 1 N–H and O–H groups in total. The first-order valence-corrected chi connectivity index (χ1v) is 10.6. The third kappa shape index (κ3) is 3.02. The highest BCUT2D eigenvalue weighted by molar-refractivity contribution is 6.07. The molecule has 0 radical (unpaired) electrons. The molecule has 1 aromatic carbocycles. The summed E-state index contributed by atoms with van der Waals surface area (Å²) in [6.07, 6.45) is 4.43. The molecule has 164 valence electrons. The minimum atomic E-state index is -0.191. The van der Waals surface area contributed by atoms with E-state index in [0.717, 1.165) is 29.4 Å². The molecule has 0 spiro atoms. The Hall–Kier alpha value is -3.81. The van der Waals surface area contributed by atoms with E-state index >= 15 is 0 Å². The Balaban J connectivity index is 1.52. The van der Waals surface area contributed by atoms with Crippen molar-refractivity contribution in [1.29, 1.82) is 0 Å². The monoisotopic (exact) mass is 432 g/mol. The lowest BCUT2D eigenvalue weighted by Gasteiger charge is -2.38. The molecule has 1 aliphatic rings. The summed E-state index contributed by atoms with van der Waals surface area (Å²) in [6, 6.07) is 7.41. The van der Waals surface area contributed by atoms with E-state index in [9.17, 15) is 9.59 Å². The summed E-state index contributed by atoms with van der Waals surface area (Å²) < 4.78 is 13.7. The number of nitrogens with zero attached hydrogens (tertiary/aromatic N) is 3. The first kappa shape index (κ1) is 20.1. The van der Waals surface area contributed by atoms with Crippen LogP contribution in [-0.2, 0) is 0 Å². The van der Waals surface area contributed by atoms with Crippen LogP contribution in [0.2, 0.25) is 0 Å². The van der Waals surface area contributed by atoms with Crippen molar-refractivity contribution in [2.75, 3.05) is 13.6 Å². The van der Waals surface area contributed by atoms with Gasteiger partial charge in [-0.1, -0.05) is 0 Å². The molecule has 5 rings (SSSR count). The molecule has 8 heteroatoms. The number of hydrogen-bond donors (Lipinski definition) is 1. The standard InChI is InChI=1S/C24H24N4O4/c1-13-8-10-27(13)24(30)18-12-28-22(14(18)2)19(7-9-26-28)32-16-5-6-17-20(11-16)31-15(3)21(17)23(29)25-4/h5-7,9,11-13H,8,10H2,1-4H3,(H,25,29)/t13-/m1/s1. The summed E-state index contributed by atoms with van der Waals surface area (Å²) in [7, 11) is 1.59. The number of fused-ring (bicyclic) bond motifs is 2. The number of aryl methyl sites for hydroxylation is 2. The van der Waals surface area contributed by atoms with Crippen molar-refractivity contribution in [3.8, 4) is 11.5 Å². The highest BCUT2D eigenvalue weighted by atomic mass is 16.5. The molecule has 3 aromatic heterocycles. The Labute approximate surface area is 184 Å². The molecular formula is C24H24N4O4. The predicted molar refractivity (Wildman–Crippen MR) is 119 cm³/mol. The molecule has 4 aromatic rings. The SMILES string of the molecule is CNC(=O)c1c(C)oc2cc(Oc3ccnn4cc(C(=O)N5CC[C@H]5C)c(C)c34)ccc12. The minimum absolute atomic E-state index is 0.0203. The third-order valence-electron chi connectivity index (χ3n) is 6.22. The number of furan rings is 1. The van der Waals surface area contributed by atoms with E-state index in [1.54, 1.807) is 49.1 Å². The molecular weight excluding hydrogens is 408 g/mol. The van der Waals surface area contributed by atoms with Gasteiger partial charge >= 0.3 is 0 Å². The van der Waals surface area contributed by atoms with Gasteiger partial charge in [0, 0.05) is 43.4 Å². The van der Waals surface area contributed by atoms with Crippen LogP contribution in [0.5, 0.6) is 11.5 Å². The van der Waals surface area contributed by atoms with Gasteiger partial charge in [-0.05, 0) is 44.9 Å². The lowest BCUT2D eigenvalue weighted by molar-refractivity contribution is 0.0501. The summed E-state index contributed by atoms with van der Waals surface area (Å²) in [4.78, 5) is 27.0. The maximum atomic E-state index is 13.0. The minimum Gasteiger partial charge on any atom is -0.460 e. The van der Waals surface area contributed by atoms with Gasteiger partial charge in [0.15, 0.2) is 5.75 Å². The average Bonchev–Trinajstić information content (AvgIpc) is 3.28. The second kappa shape index (κ2) is 7.40. The quantitative estimate of drug-likeness (QED) is 0.525. The molecule has 2 amide bonds. The third-order valence-corrected chi connectivity index (χ3v) is 6.22. The Morgan fingerprint density at radius 3 is 2.75 bits per heavy atom. The van der Waals surface area contributed by atoms with E-state index in [1.807, 2.05) is 17.9 Å². The van der Waals surface area contributed by atoms with E-state index in [-0.39, 0.29) is 17.9 Å². The molecule has 32 heavy (non-hydrogen) atoms. The van der Waals surface area contributed by atoms with Crippen LogP contribution in [0.15, 0.2) is 41.1 Å². The molecule has 0 aliphatic carbocycles. The average molecular weight is 432 g/mol. The zero-order valence-electron chi connectivity index (χ0n) is 18.4. The second-order valence-corrected chi connectivity index (χ2v) is 8.17. The number of ether oxygens (including phenoxy) is 1. The van der Waals surface area contributed by atoms with Crippen LogP contribution in [-0.4, -0.2) is 46.0 Å². The molecule has 0 bridgehead atoms. The van der Waals surface area contributed by atoms with Crippen molar-refractivity contribution in [2.24, 2.45) is 0 Å². The Bertz CT molecular complexity index is 1380. The predicted octanol–water partition coefficient (Wildman–Crippen LogP) is 4.08. The van der Waals surface area contributed by atoms with Crippen molar-refractivity contribution < 1.29 is 18.7 Å². The smallest absolute Gasteiger partial charge is 0.256 e. The van der Waals surface area contributed by atoms with Crippen LogP contribution in [0.25, 0.3) is 16.5 Å². The number of hydrogen-bond acceptors (Lipinski definition) is 5. The Morgan fingerprint density at radius 2 is 2.06 bits per heavy atom. The fourth-order valence-corrected chi connectivity index (χ4v) is 4.29. The fourth-order valence-electron chi connectivity index (χ4n) is 4.29. The summed E-state index contributed by atoms with van der Waals surface area (Å²) >= 11 is 0. The molecule has 0 unspecified atom stereocenters. The Kier molecular flexibility index (Phi) is 4.65. The molecule has 4 heterocycles. The maximum Gasteiger partial charge on any atom is 0.256 e. The van der Waals surface area contributed by atoms with Crippen LogP contribution in [0, 0.1) is 13.8 Å². The highest BCUT2D eigenvalue weighted by Gasteiger charge is 2.31. The lowest BCUT2D eigenvalue weighted by atomic mass is 10.0. The van der Waals surface area contributed by atoms with Gasteiger partial charge in [0.25, 0.3) is 11.8 Å². The summed E-state index contributed by atoms with van der Waals surface area (Å²) in [6.45, 7) is 6.51. The van der Waals surface area contributed by atoms with Crippen LogP contribution < -0.4 is 10.1 Å². The Morgan fingerprint density at radius 1 is 1.25 bits per heavy atom. The zero-order valence-corrected chi connectivity index (χ0v) is 18.4. The van der Waals surface area contributed by atoms with Crippen molar-refractivity contribution in [3.63, 3.8) is 0 Å². The summed E-state index contributed by atoms with van der Waals surface area (Å²) in [5, 5.41) is 7.73. The van der Waals surface area contributed by atoms with E-state index in [1.165, 1.54) is 0 Å². The lowest BCUT2D eigenvalue weighted by Crippen LogP contribution is -2.49. The number of amides is 2. The van der Waals surface area contributed by atoms with Gasteiger partial charge in [-0.15, -0.1) is 0 Å². The number of likely N-dealkylation sites (tertiary alicyclic amines) is 1. The van der Waals surface area contributed by atoms with E-state index in [2.05, 4.69) is 17.3 Å². The van der Waals surface area contributed by atoms with Gasteiger partial charge in [-0.2, -0.15) is 5.10 Å². The molecule has 8 nitrogen and oxygen atoms in total. The number of aromatic nitrogens is 2. The van der Waals surface area contributed by atoms with Crippen LogP contribution in [0.3, 0.4) is 0 Å². The normalized spacial score (nSPS) is 15.8. The highest BCUT2D eigenvalue weighted by Crippen LogP contribution is 2.34. The number of benzene rings is 1. The van der Waals surface area contributed by atoms with Crippen molar-refractivity contribution in [2.45, 2.75) is 33.2 Å². The molecule has 0 saturated carbocycles. The second-order valence-electron chi connectivity index (χ2n) is 8.17. The topological polar surface area (TPSA) is 89.1 Å². The van der Waals surface area contributed by atoms with Gasteiger partial charge in [0.2, 0.25) is 0 Å². The van der Waals surface area contributed by atoms with E-state index in [4.69, 9.17) is 9.15 Å². The summed E-state index contributed by atoms with van der Waals surface area (Å²) in [5.74, 6) is 1.53. The van der Waals surface area contributed by atoms with Gasteiger partial charge in [0.1, 0.15) is 22.6 Å². The van der Waals surface area contributed by atoms with Crippen molar-refractivity contribution in [3.05, 3.63) is 59.1 Å². The van der Waals surface area contributed by atoms with E-state index < -0.39 is 0 Å². The van der Waals surface area contributed by atoms with Crippen LogP contribution in [0.1, 0.15) is 45.4 Å². The number of rotatable bonds is 4. The first-order valence-electron chi connectivity index (χ1n) is 10.6. The maximum absolute atomic E-state index is 13.0. The largest absolute Gasteiger partial charge is 0.460 e. The van der Waals surface area contributed by atoms with Crippen LogP contribution in [0.4, 0.5) is 0 Å². The van der Waals surface area contributed by atoms with Crippen LogP contribution >= 0.6 is 0 Å². The van der Waals surface area contributed by atoms with Gasteiger partial charge < -0.3 is 19.4 Å². The van der Waals surface area contributed by atoms with E-state index in [0.29, 0.717) is 34.0 Å². The molecule has 1 saturated heterocycles.